The monoisotopic (exact) mass is 394 g/mol. The molecular weight excluding hydrogens is 368 g/mol. The van der Waals surface area contributed by atoms with E-state index in [-0.39, 0.29) is 0 Å². The van der Waals surface area contributed by atoms with Gasteiger partial charge >= 0.3 is 18.0 Å². The Morgan fingerprint density at radius 3 is 2.29 bits per heavy atom. The molecule has 2 N–H and O–H groups in total. The van der Waals surface area contributed by atoms with Crippen molar-refractivity contribution in [3.05, 3.63) is 30.6 Å². The highest BCUT2D eigenvalue weighted by molar-refractivity contribution is 5.89. The predicted molar refractivity (Wildman–Crippen MR) is 104 cm³/mol. The van der Waals surface area contributed by atoms with Gasteiger partial charge in [0.2, 0.25) is 0 Å². The van der Waals surface area contributed by atoms with Crippen molar-refractivity contribution in [2.45, 2.75) is 19.8 Å². The summed E-state index contributed by atoms with van der Waals surface area (Å²) < 4.78 is 5.21. The molecule has 1 heterocycles. The van der Waals surface area contributed by atoms with Crippen molar-refractivity contribution in [3.63, 3.8) is 0 Å². The first-order valence-corrected chi connectivity index (χ1v) is 8.38. The van der Waals surface area contributed by atoms with Gasteiger partial charge in [0, 0.05) is 46.0 Å². The van der Waals surface area contributed by atoms with Crippen LogP contribution >= 0.6 is 0 Å². The minimum Gasteiger partial charge on any atom is -0.478 e. The Balaban J connectivity index is 0.000000769. The van der Waals surface area contributed by atoms with Crippen molar-refractivity contribution in [3.8, 4) is 5.75 Å². The van der Waals surface area contributed by atoms with Gasteiger partial charge in [-0.3, -0.25) is 4.98 Å². The summed E-state index contributed by atoms with van der Waals surface area (Å²) in [7, 11) is 5.21. The number of carbonyl (C=O) groups is 3. The number of aromatic nitrogens is 1. The zero-order chi connectivity index (χ0) is 21.5. The molecule has 0 radical (unpaired) electrons. The zero-order valence-electron chi connectivity index (χ0n) is 16.4. The summed E-state index contributed by atoms with van der Waals surface area (Å²) in [4.78, 5) is 42.3. The van der Waals surface area contributed by atoms with Crippen LogP contribution in [0.2, 0.25) is 0 Å². The number of hydrogen-bond donors (Lipinski definition) is 2. The van der Waals surface area contributed by atoms with Gasteiger partial charge in [-0.2, -0.15) is 0 Å². The van der Waals surface area contributed by atoms with E-state index in [4.69, 9.17) is 14.9 Å². The molecule has 154 valence electrons. The molecular formula is C18H26N4O6. The molecule has 1 rings (SSSR count). The van der Waals surface area contributed by atoms with E-state index < -0.39 is 18.0 Å². The number of carboxylic acid groups (broad SMARTS) is 2. The average Bonchev–Trinajstić information content (AvgIpc) is 2.64. The van der Waals surface area contributed by atoms with Gasteiger partial charge in [-0.25, -0.2) is 19.4 Å². The van der Waals surface area contributed by atoms with Gasteiger partial charge in [-0.1, -0.05) is 13.3 Å². The molecule has 1 aromatic rings. The maximum absolute atomic E-state index is 11.6. The van der Waals surface area contributed by atoms with Gasteiger partial charge < -0.3 is 24.7 Å². The molecule has 0 unspecified atom stereocenters. The van der Waals surface area contributed by atoms with Crippen LogP contribution in [0.4, 0.5) is 10.5 Å². The maximum atomic E-state index is 11.6. The van der Waals surface area contributed by atoms with Crippen LogP contribution in [-0.2, 0) is 9.59 Å². The van der Waals surface area contributed by atoms with Gasteiger partial charge in [-0.15, -0.1) is 0 Å². The first kappa shape index (κ1) is 24.6. The molecule has 0 atom stereocenters. The van der Waals surface area contributed by atoms with Crippen LogP contribution in [0.15, 0.2) is 35.6 Å². The second-order valence-electron chi connectivity index (χ2n) is 5.69. The van der Waals surface area contributed by atoms with Crippen LogP contribution in [-0.4, -0.2) is 77.1 Å². The summed E-state index contributed by atoms with van der Waals surface area (Å²) in [5.41, 5.74) is 0.582. The second kappa shape index (κ2) is 13.7. The van der Waals surface area contributed by atoms with Crippen molar-refractivity contribution in [1.82, 2.24) is 14.8 Å². The highest BCUT2D eigenvalue weighted by Crippen LogP contribution is 2.25. The Labute approximate surface area is 163 Å². The van der Waals surface area contributed by atoms with Crippen LogP contribution in [0.3, 0.4) is 0 Å². The quantitative estimate of drug-likeness (QED) is 0.390. The van der Waals surface area contributed by atoms with Crippen LogP contribution in [0, 0.1) is 0 Å². The summed E-state index contributed by atoms with van der Waals surface area (Å²) in [6.07, 6.45) is 7.75. The molecule has 0 aliphatic heterocycles. The van der Waals surface area contributed by atoms with Gasteiger partial charge in [0.25, 0.3) is 0 Å². The molecule has 0 aromatic carbocycles. The zero-order valence-corrected chi connectivity index (χ0v) is 16.4. The molecule has 0 bridgehead atoms. The highest BCUT2D eigenvalue weighted by atomic mass is 16.6. The van der Waals surface area contributed by atoms with Crippen molar-refractivity contribution in [1.29, 1.82) is 0 Å². The first-order chi connectivity index (χ1) is 13.2. The summed E-state index contributed by atoms with van der Waals surface area (Å²) in [5.74, 6) is -2.16. The van der Waals surface area contributed by atoms with Crippen LogP contribution < -0.4 is 4.74 Å². The Morgan fingerprint density at radius 1 is 1.18 bits per heavy atom. The molecule has 0 spiro atoms. The van der Waals surface area contributed by atoms with E-state index >= 15 is 0 Å². The minimum absolute atomic E-state index is 0.353. The third kappa shape index (κ3) is 12.0. The number of aliphatic imine (C=N–C) groups is 1. The topological polar surface area (TPSA) is 133 Å². The molecule has 0 aliphatic rings. The predicted octanol–water partition coefficient (Wildman–Crippen LogP) is 2.25. The number of carbonyl (C=O) groups excluding carboxylic acids is 1. The lowest BCUT2D eigenvalue weighted by atomic mass is 10.3. The number of hydrogen-bond acceptors (Lipinski definition) is 6. The molecule has 0 fully saturated rings. The lowest BCUT2D eigenvalue weighted by Gasteiger charge is -2.13. The highest BCUT2D eigenvalue weighted by Gasteiger charge is 2.10. The summed E-state index contributed by atoms with van der Waals surface area (Å²) >= 11 is 0. The van der Waals surface area contributed by atoms with Crippen LogP contribution in [0.25, 0.3) is 0 Å². The minimum atomic E-state index is -1.26. The van der Waals surface area contributed by atoms with E-state index in [1.807, 2.05) is 11.9 Å². The van der Waals surface area contributed by atoms with Gasteiger partial charge in [0.05, 0.1) is 12.5 Å². The lowest BCUT2D eigenvalue weighted by molar-refractivity contribution is -0.134. The van der Waals surface area contributed by atoms with Crippen molar-refractivity contribution >= 4 is 30.1 Å². The third-order valence-corrected chi connectivity index (χ3v) is 2.95. The van der Waals surface area contributed by atoms with E-state index in [1.165, 1.54) is 11.1 Å². The fraction of sp³-hybridized carbons (Fsp3) is 0.389. The fourth-order valence-electron chi connectivity index (χ4n) is 1.51. The summed E-state index contributed by atoms with van der Waals surface area (Å²) in [6, 6.07) is 1.71. The lowest BCUT2D eigenvalue weighted by Crippen LogP contribution is -2.25. The Bertz CT molecular complexity index is 687. The number of carboxylic acids is 2. The van der Waals surface area contributed by atoms with Gasteiger partial charge in [0.15, 0.2) is 5.75 Å². The molecule has 28 heavy (non-hydrogen) atoms. The van der Waals surface area contributed by atoms with Crippen LogP contribution in [0.5, 0.6) is 5.75 Å². The van der Waals surface area contributed by atoms with E-state index in [2.05, 4.69) is 16.9 Å². The molecule has 0 saturated heterocycles. The molecule has 1 aromatic heterocycles. The Morgan fingerprint density at radius 2 is 1.79 bits per heavy atom. The van der Waals surface area contributed by atoms with E-state index in [0.717, 1.165) is 19.4 Å². The van der Waals surface area contributed by atoms with Gasteiger partial charge in [0.1, 0.15) is 5.69 Å². The SMILES string of the molecule is CCCCN(C)C=Nc1ccncc1OC(=O)N(C)C.O=C(O)/C=C\C(=O)O. The number of aliphatic carboxylic acids is 2. The van der Waals surface area contributed by atoms with Gasteiger partial charge in [-0.05, 0) is 12.5 Å². The number of unbranched alkanes of at least 4 members (excludes halogenated alkanes) is 1. The van der Waals surface area contributed by atoms with E-state index in [1.54, 1.807) is 32.7 Å². The normalized spacial score (nSPS) is 10.3. The molecule has 10 nitrogen and oxygen atoms in total. The number of ether oxygens (including phenoxy) is 1. The number of pyridine rings is 1. The van der Waals surface area contributed by atoms with Crippen molar-refractivity contribution in [2.75, 3.05) is 27.7 Å². The summed E-state index contributed by atoms with van der Waals surface area (Å²) in [5, 5.41) is 15.6. The number of amides is 1. The second-order valence-corrected chi connectivity index (χ2v) is 5.69. The average molecular weight is 394 g/mol. The van der Waals surface area contributed by atoms with Crippen LogP contribution in [0.1, 0.15) is 19.8 Å². The smallest absolute Gasteiger partial charge is 0.414 e. The fourth-order valence-corrected chi connectivity index (χ4v) is 1.51. The molecule has 0 saturated carbocycles. The van der Waals surface area contributed by atoms with Crippen molar-refractivity contribution < 1.29 is 29.3 Å². The molecule has 0 aliphatic carbocycles. The first-order valence-electron chi connectivity index (χ1n) is 8.38. The molecule has 10 heteroatoms. The Kier molecular flexibility index (Phi) is 12.0. The third-order valence-electron chi connectivity index (χ3n) is 2.95. The van der Waals surface area contributed by atoms with E-state index in [0.29, 0.717) is 23.6 Å². The van der Waals surface area contributed by atoms with E-state index in [9.17, 15) is 14.4 Å². The molecule has 1 amide bonds. The Hall–Kier alpha value is -3.43. The number of nitrogens with zero attached hydrogens (tertiary/aromatic N) is 4. The maximum Gasteiger partial charge on any atom is 0.414 e. The largest absolute Gasteiger partial charge is 0.478 e. The van der Waals surface area contributed by atoms with Crippen molar-refractivity contribution in [2.24, 2.45) is 4.99 Å². The number of rotatable bonds is 8. The standard InChI is InChI=1S/C14H22N4O2.C4H4O4/c1-5-6-9-18(4)11-16-12-7-8-15-10-13(12)20-14(19)17(2)3;5-3(6)1-2-4(7)8/h7-8,10-11H,5-6,9H2,1-4H3;1-2H,(H,5,6)(H,7,8)/b;2-1-. The summed E-state index contributed by atoms with van der Waals surface area (Å²) in [6.45, 7) is 3.09.